The summed E-state index contributed by atoms with van der Waals surface area (Å²) in [7, 11) is 3.45. The van der Waals surface area contributed by atoms with Crippen molar-refractivity contribution in [2.24, 2.45) is 0 Å². The molecule has 21 heavy (non-hydrogen) atoms. The standard InChI is InChI=1S/C15H19ClN4O/c1-10(11-4-6-12(16)7-5-11)18-14-8-13(17-2)19-15(20-14)9-21-3/h4-8,10H,9H2,1-3H3,(H2,17,18,19,20). The van der Waals surface area contributed by atoms with Crippen LogP contribution in [0.15, 0.2) is 30.3 Å². The lowest BCUT2D eigenvalue weighted by atomic mass is 10.1. The highest BCUT2D eigenvalue weighted by molar-refractivity contribution is 6.30. The van der Waals surface area contributed by atoms with Crippen LogP contribution >= 0.6 is 11.6 Å². The molecule has 1 unspecified atom stereocenters. The summed E-state index contributed by atoms with van der Waals surface area (Å²) >= 11 is 5.91. The number of anilines is 2. The Labute approximate surface area is 129 Å². The van der Waals surface area contributed by atoms with Gasteiger partial charge in [-0.2, -0.15) is 0 Å². The Morgan fingerprint density at radius 2 is 1.86 bits per heavy atom. The molecular weight excluding hydrogens is 288 g/mol. The minimum Gasteiger partial charge on any atom is -0.377 e. The minimum absolute atomic E-state index is 0.109. The van der Waals surface area contributed by atoms with Gasteiger partial charge in [0.2, 0.25) is 0 Å². The van der Waals surface area contributed by atoms with Gasteiger partial charge in [-0.1, -0.05) is 23.7 Å². The van der Waals surface area contributed by atoms with Crippen LogP contribution in [-0.2, 0) is 11.3 Å². The topological polar surface area (TPSA) is 59.1 Å². The molecule has 0 bridgehead atoms. The van der Waals surface area contributed by atoms with Crippen molar-refractivity contribution in [1.29, 1.82) is 0 Å². The van der Waals surface area contributed by atoms with Crippen LogP contribution in [0.5, 0.6) is 0 Å². The van der Waals surface area contributed by atoms with Gasteiger partial charge >= 0.3 is 0 Å². The van der Waals surface area contributed by atoms with E-state index in [0.717, 1.165) is 22.2 Å². The number of hydrogen-bond acceptors (Lipinski definition) is 5. The molecule has 1 aromatic carbocycles. The summed E-state index contributed by atoms with van der Waals surface area (Å²) in [5, 5.41) is 7.11. The maximum Gasteiger partial charge on any atom is 0.158 e. The molecule has 2 aromatic rings. The van der Waals surface area contributed by atoms with Crippen molar-refractivity contribution in [3.63, 3.8) is 0 Å². The Morgan fingerprint density at radius 3 is 2.48 bits per heavy atom. The average Bonchev–Trinajstić information content (AvgIpc) is 2.48. The maximum absolute atomic E-state index is 5.91. The number of aromatic nitrogens is 2. The number of hydrogen-bond donors (Lipinski definition) is 2. The van der Waals surface area contributed by atoms with Crippen LogP contribution in [0.2, 0.25) is 5.02 Å². The van der Waals surface area contributed by atoms with Gasteiger partial charge in [-0.05, 0) is 24.6 Å². The second kappa shape index (κ2) is 7.24. The van der Waals surface area contributed by atoms with E-state index in [4.69, 9.17) is 16.3 Å². The van der Waals surface area contributed by atoms with E-state index < -0.39 is 0 Å². The summed E-state index contributed by atoms with van der Waals surface area (Å²) in [6, 6.07) is 9.73. The van der Waals surface area contributed by atoms with E-state index in [1.807, 2.05) is 37.4 Å². The molecule has 0 saturated carbocycles. The second-order valence-electron chi connectivity index (χ2n) is 4.66. The first-order valence-electron chi connectivity index (χ1n) is 6.69. The number of halogens is 1. The first-order chi connectivity index (χ1) is 10.1. The van der Waals surface area contributed by atoms with Crippen molar-refractivity contribution in [1.82, 2.24) is 9.97 Å². The fourth-order valence-corrected chi connectivity index (χ4v) is 2.08. The Morgan fingerprint density at radius 1 is 1.19 bits per heavy atom. The molecule has 1 aromatic heterocycles. The Balaban J connectivity index is 2.17. The summed E-state index contributed by atoms with van der Waals surface area (Å²) in [6.07, 6.45) is 0. The number of nitrogens with one attached hydrogen (secondary N) is 2. The van der Waals surface area contributed by atoms with Crippen molar-refractivity contribution in [3.05, 3.63) is 46.7 Å². The van der Waals surface area contributed by atoms with Gasteiger partial charge < -0.3 is 15.4 Å². The molecule has 1 heterocycles. The third-order valence-corrected chi connectivity index (χ3v) is 3.29. The summed E-state index contributed by atoms with van der Waals surface area (Å²) in [6.45, 7) is 2.44. The predicted molar refractivity (Wildman–Crippen MR) is 85.8 cm³/mol. The van der Waals surface area contributed by atoms with E-state index in [0.29, 0.717) is 12.4 Å². The zero-order valence-corrected chi connectivity index (χ0v) is 13.1. The molecule has 0 aliphatic carbocycles. The van der Waals surface area contributed by atoms with Crippen LogP contribution in [0, 0.1) is 0 Å². The number of ether oxygens (including phenoxy) is 1. The van der Waals surface area contributed by atoms with Gasteiger partial charge in [0.1, 0.15) is 18.2 Å². The van der Waals surface area contributed by atoms with Gasteiger partial charge in [-0.15, -0.1) is 0 Å². The highest BCUT2D eigenvalue weighted by Crippen LogP contribution is 2.21. The SMILES string of the molecule is CNc1cc(NC(C)c2ccc(Cl)cc2)nc(COC)n1. The molecule has 0 aliphatic rings. The normalized spacial score (nSPS) is 12.0. The van der Waals surface area contributed by atoms with Crippen LogP contribution in [0.1, 0.15) is 24.4 Å². The first kappa shape index (κ1) is 15.5. The number of methoxy groups -OCH3 is 1. The van der Waals surface area contributed by atoms with Crippen molar-refractivity contribution >= 4 is 23.2 Å². The molecule has 0 spiro atoms. The maximum atomic E-state index is 5.91. The summed E-state index contributed by atoms with van der Waals surface area (Å²) in [4.78, 5) is 8.77. The molecule has 2 N–H and O–H groups in total. The molecule has 0 radical (unpaired) electrons. The van der Waals surface area contributed by atoms with Crippen molar-refractivity contribution < 1.29 is 4.74 Å². The highest BCUT2D eigenvalue weighted by Gasteiger charge is 2.09. The van der Waals surface area contributed by atoms with Gasteiger partial charge in [0.15, 0.2) is 5.82 Å². The zero-order chi connectivity index (χ0) is 15.2. The Kier molecular flexibility index (Phi) is 5.36. The van der Waals surface area contributed by atoms with Gasteiger partial charge in [0, 0.05) is 31.3 Å². The molecule has 0 aliphatic heterocycles. The first-order valence-corrected chi connectivity index (χ1v) is 7.07. The minimum atomic E-state index is 0.109. The second-order valence-corrected chi connectivity index (χ2v) is 5.09. The van der Waals surface area contributed by atoms with E-state index in [2.05, 4.69) is 27.5 Å². The van der Waals surface area contributed by atoms with Crippen molar-refractivity contribution in [2.45, 2.75) is 19.6 Å². The van der Waals surface area contributed by atoms with Crippen LogP contribution in [-0.4, -0.2) is 24.1 Å². The lowest BCUT2D eigenvalue weighted by molar-refractivity contribution is 0.178. The fraction of sp³-hybridized carbons (Fsp3) is 0.333. The monoisotopic (exact) mass is 306 g/mol. The van der Waals surface area contributed by atoms with E-state index in [1.165, 1.54) is 0 Å². The van der Waals surface area contributed by atoms with Crippen LogP contribution in [0.4, 0.5) is 11.6 Å². The number of rotatable bonds is 6. The lowest BCUT2D eigenvalue weighted by Crippen LogP contribution is -2.11. The predicted octanol–water partition coefficient (Wildman–Crippen LogP) is 3.49. The van der Waals surface area contributed by atoms with E-state index in [-0.39, 0.29) is 6.04 Å². The molecule has 0 amide bonds. The summed E-state index contributed by atoms with van der Waals surface area (Å²) in [5.41, 5.74) is 1.14. The molecule has 1 atom stereocenters. The smallest absolute Gasteiger partial charge is 0.158 e. The van der Waals surface area contributed by atoms with Crippen LogP contribution in [0.3, 0.4) is 0 Å². The Hall–Kier alpha value is -1.85. The quantitative estimate of drug-likeness (QED) is 0.855. The van der Waals surface area contributed by atoms with E-state index in [1.54, 1.807) is 7.11 Å². The van der Waals surface area contributed by atoms with Crippen LogP contribution in [0.25, 0.3) is 0 Å². The number of nitrogens with zero attached hydrogens (tertiary/aromatic N) is 2. The van der Waals surface area contributed by atoms with Gasteiger partial charge in [0.05, 0.1) is 0 Å². The Bertz CT molecular complexity index is 589. The molecule has 6 heteroatoms. The number of benzene rings is 1. The summed E-state index contributed by atoms with van der Waals surface area (Å²) in [5.74, 6) is 2.14. The molecule has 112 valence electrons. The third kappa shape index (κ3) is 4.31. The third-order valence-electron chi connectivity index (χ3n) is 3.04. The van der Waals surface area contributed by atoms with Gasteiger partial charge in [0.25, 0.3) is 0 Å². The molecule has 5 nitrogen and oxygen atoms in total. The highest BCUT2D eigenvalue weighted by atomic mass is 35.5. The molecular formula is C15H19ClN4O. The molecule has 0 saturated heterocycles. The van der Waals surface area contributed by atoms with Gasteiger partial charge in [-0.25, -0.2) is 9.97 Å². The lowest BCUT2D eigenvalue weighted by Gasteiger charge is -2.16. The van der Waals surface area contributed by atoms with E-state index >= 15 is 0 Å². The van der Waals surface area contributed by atoms with Gasteiger partial charge in [-0.3, -0.25) is 0 Å². The molecule has 2 rings (SSSR count). The van der Waals surface area contributed by atoms with Crippen molar-refractivity contribution in [2.75, 3.05) is 24.8 Å². The molecule has 0 fully saturated rings. The van der Waals surface area contributed by atoms with Crippen molar-refractivity contribution in [3.8, 4) is 0 Å². The zero-order valence-electron chi connectivity index (χ0n) is 12.4. The summed E-state index contributed by atoms with van der Waals surface area (Å²) < 4.78 is 5.09. The largest absolute Gasteiger partial charge is 0.377 e. The average molecular weight is 307 g/mol. The fourth-order valence-electron chi connectivity index (χ4n) is 1.95. The van der Waals surface area contributed by atoms with E-state index in [9.17, 15) is 0 Å². The van der Waals surface area contributed by atoms with Crippen LogP contribution < -0.4 is 10.6 Å².